The predicted octanol–water partition coefficient (Wildman–Crippen LogP) is 10.3. The van der Waals surface area contributed by atoms with Crippen LogP contribution in [-0.4, -0.2) is 12.8 Å². The Hall–Kier alpha value is -3.62. The zero-order valence-electron chi connectivity index (χ0n) is 21.6. The largest absolute Gasteiger partial charge is 0.478 e. The molecule has 0 spiro atoms. The Balaban J connectivity index is 1.59. The van der Waals surface area contributed by atoms with Crippen molar-refractivity contribution >= 4 is 10.8 Å². The number of ether oxygens (including phenoxy) is 1. The van der Waals surface area contributed by atoms with Crippen LogP contribution in [0.4, 0.5) is 35.1 Å². The van der Waals surface area contributed by atoms with Gasteiger partial charge in [0.1, 0.15) is 17.5 Å². The summed E-state index contributed by atoms with van der Waals surface area (Å²) in [6.07, 6.45) is 0.778. The second kappa shape index (κ2) is 12.3. The lowest BCUT2D eigenvalue weighted by Crippen LogP contribution is -2.20. The molecular weight excluding hydrogens is 540 g/mol. The highest BCUT2D eigenvalue weighted by molar-refractivity contribution is 5.89. The minimum atomic E-state index is -4.79. The highest BCUT2D eigenvalue weighted by Crippen LogP contribution is 2.36. The van der Waals surface area contributed by atoms with E-state index < -0.39 is 47.6 Å². The van der Waals surface area contributed by atoms with Crippen LogP contribution in [0.25, 0.3) is 33.0 Å². The van der Waals surface area contributed by atoms with Crippen LogP contribution in [0.3, 0.4) is 0 Å². The van der Waals surface area contributed by atoms with Gasteiger partial charge in [0.25, 0.3) is 0 Å². The second-order valence-electron chi connectivity index (χ2n) is 9.63. The number of aryl methyl sites for hydroxylation is 1. The highest BCUT2D eigenvalue weighted by atomic mass is 19.4. The fraction of sp³-hybridized carbons (Fsp3) is 0.290. The monoisotopic (exact) mass is 566 g/mol. The van der Waals surface area contributed by atoms with E-state index in [9.17, 15) is 30.7 Å². The summed E-state index contributed by atoms with van der Waals surface area (Å²) in [6.45, 7) is 0.229. The maximum Gasteiger partial charge on any atom is 0.422 e. The third-order valence-electron chi connectivity index (χ3n) is 6.61. The first-order chi connectivity index (χ1) is 19.0. The number of hydrogen-bond acceptors (Lipinski definition) is 1. The molecule has 0 atom stereocenters. The van der Waals surface area contributed by atoms with Gasteiger partial charge in [-0.15, -0.1) is 0 Å². The number of rotatable bonds is 10. The topological polar surface area (TPSA) is 9.23 Å². The Morgan fingerprint density at radius 3 is 2.00 bits per heavy atom. The molecule has 0 unspecified atom stereocenters. The van der Waals surface area contributed by atoms with E-state index in [0.29, 0.717) is 12.0 Å². The Morgan fingerprint density at radius 1 is 0.675 bits per heavy atom. The molecule has 0 heterocycles. The van der Waals surface area contributed by atoms with E-state index in [1.807, 2.05) is 0 Å². The lowest BCUT2D eigenvalue weighted by molar-refractivity contribution is -0.154. The van der Waals surface area contributed by atoms with Crippen LogP contribution in [-0.2, 0) is 6.42 Å². The molecule has 4 aromatic rings. The molecule has 0 N–H and O–H groups in total. The summed E-state index contributed by atoms with van der Waals surface area (Å²) in [6, 6.07) is 10.6. The van der Waals surface area contributed by atoms with Crippen molar-refractivity contribution in [1.82, 2.24) is 0 Å². The van der Waals surface area contributed by atoms with Gasteiger partial charge in [-0.25, -0.2) is 22.0 Å². The lowest BCUT2D eigenvalue weighted by Gasteiger charge is -2.13. The molecule has 40 heavy (non-hydrogen) atoms. The lowest BCUT2D eigenvalue weighted by atomic mass is 9.96. The van der Waals surface area contributed by atoms with Gasteiger partial charge in [0.2, 0.25) is 0 Å². The van der Waals surface area contributed by atoms with Crippen molar-refractivity contribution in [1.29, 1.82) is 0 Å². The summed E-state index contributed by atoms with van der Waals surface area (Å²) < 4.78 is 116. The van der Waals surface area contributed by atoms with E-state index in [-0.39, 0.29) is 33.0 Å². The summed E-state index contributed by atoms with van der Waals surface area (Å²) in [4.78, 5) is 0. The molecule has 0 fully saturated rings. The van der Waals surface area contributed by atoms with E-state index >= 15 is 4.39 Å². The van der Waals surface area contributed by atoms with Crippen molar-refractivity contribution in [2.75, 3.05) is 6.61 Å². The predicted molar refractivity (Wildman–Crippen MR) is 139 cm³/mol. The Morgan fingerprint density at radius 2 is 1.35 bits per heavy atom. The molecule has 4 aromatic carbocycles. The van der Waals surface area contributed by atoms with Crippen LogP contribution >= 0.6 is 0 Å². The van der Waals surface area contributed by atoms with Crippen LogP contribution in [0, 0.1) is 29.1 Å². The third kappa shape index (κ3) is 6.74. The molecule has 0 aromatic heterocycles. The van der Waals surface area contributed by atoms with Crippen molar-refractivity contribution in [3.05, 3.63) is 89.2 Å². The Kier molecular flexibility index (Phi) is 9.01. The quantitative estimate of drug-likeness (QED) is 0.137. The molecule has 9 heteroatoms. The molecule has 0 bridgehead atoms. The van der Waals surface area contributed by atoms with Gasteiger partial charge in [-0.1, -0.05) is 56.9 Å². The molecular formula is C31H26F8O. The average molecular weight is 567 g/mol. The average Bonchev–Trinajstić information content (AvgIpc) is 2.87. The van der Waals surface area contributed by atoms with Crippen LogP contribution in [0.5, 0.6) is 5.75 Å². The van der Waals surface area contributed by atoms with Gasteiger partial charge in [0.05, 0.1) is 5.56 Å². The Bertz CT molecular complexity index is 1490. The zero-order chi connectivity index (χ0) is 29.0. The smallest absolute Gasteiger partial charge is 0.422 e. The van der Waals surface area contributed by atoms with Crippen LogP contribution in [0.1, 0.15) is 44.6 Å². The standard InChI is InChI=1S/C31H26F8O/c1-2-3-4-5-6-7-18-12-25(33)28(26(34)13-18)20-9-10-22(24(32)15-20)19-8-11-23-21(14-19)16-27(35)30(29(23)36)40-17-31(37,38)39/h8-16H,2-7,17H2,1H3. The number of fused-ring (bicyclic) bond motifs is 1. The number of halogens is 8. The molecule has 212 valence electrons. The first kappa shape index (κ1) is 29.4. The molecule has 0 amide bonds. The summed E-state index contributed by atoms with van der Waals surface area (Å²) >= 11 is 0. The van der Waals surface area contributed by atoms with E-state index in [4.69, 9.17) is 0 Å². The number of hydrogen-bond donors (Lipinski definition) is 0. The van der Waals surface area contributed by atoms with Gasteiger partial charge >= 0.3 is 6.18 Å². The van der Waals surface area contributed by atoms with Crippen molar-refractivity contribution in [3.63, 3.8) is 0 Å². The fourth-order valence-electron chi connectivity index (χ4n) is 4.65. The normalized spacial score (nSPS) is 11.8. The van der Waals surface area contributed by atoms with E-state index in [1.165, 1.54) is 36.4 Å². The van der Waals surface area contributed by atoms with E-state index in [1.54, 1.807) is 0 Å². The van der Waals surface area contributed by atoms with E-state index in [2.05, 4.69) is 11.7 Å². The molecule has 0 aliphatic carbocycles. The van der Waals surface area contributed by atoms with Crippen molar-refractivity contribution in [3.8, 4) is 28.0 Å². The van der Waals surface area contributed by atoms with E-state index in [0.717, 1.165) is 50.3 Å². The van der Waals surface area contributed by atoms with Gasteiger partial charge in [-0.05, 0) is 65.3 Å². The first-order valence-electron chi connectivity index (χ1n) is 12.9. The maximum absolute atomic E-state index is 15.1. The van der Waals surface area contributed by atoms with Crippen LogP contribution in [0.15, 0.2) is 54.6 Å². The summed E-state index contributed by atoms with van der Waals surface area (Å²) in [5.41, 5.74) is 0.325. The van der Waals surface area contributed by atoms with Gasteiger partial charge in [-0.2, -0.15) is 13.2 Å². The molecule has 0 radical (unpaired) electrons. The summed E-state index contributed by atoms with van der Waals surface area (Å²) in [7, 11) is 0. The molecule has 4 rings (SSSR count). The second-order valence-corrected chi connectivity index (χ2v) is 9.63. The third-order valence-corrected chi connectivity index (χ3v) is 6.61. The first-order valence-corrected chi connectivity index (χ1v) is 12.9. The summed E-state index contributed by atoms with van der Waals surface area (Å²) in [5, 5.41) is -0.272. The summed E-state index contributed by atoms with van der Waals surface area (Å²) in [5.74, 6) is -6.29. The molecule has 1 nitrogen and oxygen atoms in total. The maximum atomic E-state index is 15.1. The van der Waals surface area contributed by atoms with Crippen LogP contribution < -0.4 is 4.74 Å². The molecule has 0 saturated carbocycles. The Labute approximate surface area is 226 Å². The minimum Gasteiger partial charge on any atom is -0.478 e. The van der Waals surface area contributed by atoms with Crippen LogP contribution in [0.2, 0.25) is 0 Å². The zero-order valence-corrected chi connectivity index (χ0v) is 21.6. The fourth-order valence-corrected chi connectivity index (χ4v) is 4.65. The number of benzene rings is 4. The van der Waals surface area contributed by atoms with Gasteiger partial charge in [0, 0.05) is 10.9 Å². The van der Waals surface area contributed by atoms with Gasteiger partial charge < -0.3 is 4.74 Å². The SMILES string of the molecule is CCCCCCCc1cc(F)c(-c2ccc(-c3ccc4c(F)c(OCC(F)(F)F)c(F)cc4c3)c(F)c2)c(F)c1. The van der Waals surface area contributed by atoms with Crippen molar-refractivity contribution in [2.45, 2.75) is 51.6 Å². The van der Waals surface area contributed by atoms with Crippen molar-refractivity contribution in [2.24, 2.45) is 0 Å². The van der Waals surface area contributed by atoms with Crippen molar-refractivity contribution < 1.29 is 39.9 Å². The highest BCUT2D eigenvalue weighted by Gasteiger charge is 2.30. The number of alkyl halides is 3. The molecule has 0 aliphatic heterocycles. The molecule has 0 aliphatic rings. The molecule has 0 saturated heterocycles. The van der Waals surface area contributed by atoms with Gasteiger partial charge in [0.15, 0.2) is 24.0 Å². The number of unbranched alkanes of at least 4 members (excludes halogenated alkanes) is 4. The van der Waals surface area contributed by atoms with Gasteiger partial charge in [-0.3, -0.25) is 0 Å². The minimum absolute atomic E-state index is 0.00613.